The molecule has 0 bridgehead atoms. The van der Waals surface area contributed by atoms with Gasteiger partial charge in [0.2, 0.25) is 0 Å². The second kappa shape index (κ2) is 7.95. The number of carbonyl (C=O) groups excluding carboxylic acids is 1. The molecule has 1 saturated carbocycles. The molecular weight excluding hydrogens is 232 g/mol. The summed E-state index contributed by atoms with van der Waals surface area (Å²) in [7, 11) is 0. The van der Waals surface area contributed by atoms with E-state index in [4.69, 9.17) is 5.11 Å². The number of carboxylic acids is 1. The minimum Gasteiger partial charge on any atom is -0.481 e. The van der Waals surface area contributed by atoms with E-state index < -0.39 is 5.97 Å². The molecule has 0 aromatic carbocycles. The maximum atomic E-state index is 11.3. The molecule has 2 atom stereocenters. The third kappa shape index (κ3) is 6.47. The van der Waals surface area contributed by atoms with Crippen LogP contribution in [0.3, 0.4) is 0 Å². The Morgan fingerprint density at radius 3 is 2.61 bits per heavy atom. The van der Waals surface area contributed by atoms with Crippen molar-refractivity contribution >= 4 is 12.0 Å². The summed E-state index contributed by atoms with van der Waals surface area (Å²) in [6.45, 7) is 3.15. The van der Waals surface area contributed by atoms with Gasteiger partial charge in [0.1, 0.15) is 0 Å². The van der Waals surface area contributed by atoms with Crippen LogP contribution in [0.2, 0.25) is 0 Å². The van der Waals surface area contributed by atoms with Crippen molar-refractivity contribution in [2.75, 3.05) is 13.1 Å². The molecule has 0 spiro atoms. The second-order valence-corrected chi connectivity index (χ2v) is 5.25. The van der Waals surface area contributed by atoms with E-state index in [0.717, 1.165) is 18.3 Å². The van der Waals surface area contributed by atoms with Crippen LogP contribution in [0.25, 0.3) is 0 Å². The van der Waals surface area contributed by atoms with Crippen LogP contribution in [0.4, 0.5) is 4.79 Å². The van der Waals surface area contributed by atoms with Crippen molar-refractivity contribution in [3.63, 3.8) is 0 Å². The van der Waals surface area contributed by atoms with Crippen molar-refractivity contribution in [1.29, 1.82) is 0 Å². The molecule has 2 amide bonds. The molecule has 0 saturated heterocycles. The lowest BCUT2D eigenvalue weighted by molar-refractivity contribution is -0.136. The number of rotatable bonds is 6. The van der Waals surface area contributed by atoms with Crippen LogP contribution in [0, 0.1) is 11.8 Å². The van der Waals surface area contributed by atoms with Crippen LogP contribution in [0.5, 0.6) is 0 Å². The van der Waals surface area contributed by atoms with Crippen molar-refractivity contribution in [3.8, 4) is 0 Å². The first-order valence-corrected chi connectivity index (χ1v) is 6.81. The van der Waals surface area contributed by atoms with Gasteiger partial charge in [-0.05, 0) is 24.7 Å². The fourth-order valence-electron chi connectivity index (χ4n) is 2.56. The molecule has 0 aromatic rings. The van der Waals surface area contributed by atoms with Gasteiger partial charge in [-0.1, -0.05) is 26.2 Å². The molecule has 1 rings (SSSR count). The maximum Gasteiger partial charge on any atom is 0.314 e. The van der Waals surface area contributed by atoms with Gasteiger partial charge in [-0.2, -0.15) is 0 Å². The maximum absolute atomic E-state index is 11.3. The summed E-state index contributed by atoms with van der Waals surface area (Å²) in [4.78, 5) is 21.6. The van der Waals surface area contributed by atoms with E-state index in [1.807, 2.05) is 0 Å². The number of amides is 2. The van der Waals surface area contributed by atoms with E-state index in [-0.39, 0.29) is 19.0 Å². The summed E-state index contributed by atoms with van der Waals surface area (Å²) in [5.74, 6) is 0.646. The van der Waals surface area contributed by atoms with E-state index in [1.54, 1.807) is 0 Å². The Morgan fingerprint density at radius 1 is 1.22 bits per heavy atom. The van der Waals surface area contributed by atoms with Gasteiger partial charge in [0.15, 0.2) is 0 Å². The SMILES string of the molecule is CC1CCCC(CCNC(=O)NCCC(=O)O)C1. The number of hydrogen-bond acceptors (Lipinski definition) is 2. The summed E-state index contributed by atoms with van der Waals surface area (Å²) in [5.41, 5.74) is 0. The first-order valence-electron chi connectivity index (χ1n) is 6.81. The number of carboxylic acid groups (broad SMARTS) is 1. The highest BCUT2D eigenvalue weighted by Crippen LogP contribution is 2.30. The van der Waals surface area contributed by atoms with Crippen molar-refractivity contribution < 1.29 is 14.7 Å². The van der Waals surface area contributed by atoms with E-state index in [9.17, 15) is 9.59 Å². The van der Waals surface area contributed by atoms with Crippen LogP contribution in [0.1, 0.15) is 45.4 Å². The number of hydrogen-bond donors (Lipinski definition) is 3. The molecule has 5 nitrogen and oxygen atoms in total. The minimum atomic E-state index is -0.897. The average molecular weight is 256 g/mol. The first kappa shape index (κ1) is 14.8. The molecular formula is C13H24N2O3. The predicted octanol–water partition coefficient (Wildman–Crippen LogP) is 1.98. The average Bonchev–Trinajstić information content (AvgIpc) is 2.28. The van der Waals surface area contributed by atoms with E-state index in [2.05, 4.69) is 17.6 Å². The lowest BCUT2D eigenvalue weighted by Crippen LogP contribution is -2.37. The molecule has 1 fully saturated rings. The van der Waals surface area contributed by atoms with Crippen molar-refractivity contribution in [1.82, 2.24) is 10.6 Å². The summed E-state index contributed by atoms with van der Waals surface area (Å²) in [6, 6.07) is -0.264. The first-order chi connectivity index (χ1) is 8.58. The Bertz CT molecular complexity index is 281. The number of urea groups is 1. The Kier molecular flexibility index (Phi) is 6.54. The van der Waals surface area contributed by atoms with Crippen LogP contribution in [0.15, 0.2) is 0 Å². The Balaban J connectivity index is 2.02. The van der Waals surface area contributed by atoms with Crippen molar-refractivity contribution in [3.05, 3.63) is 0 Å². The minimum absolute atomic E-state index is 0.0342. The smallest absolute Gasteiger partial charge is 0.314 e. The molecule has 0 aromatic heterocycles. The fourth-order valence-corrected chi connectivity index (χ4v) is 2.56. The molecule has 1 aliphatic carbocycles. The van der Waals surface area contributed by atoms with Gasteiger partial charge in [-0.3, -0.25) is 4.79 Å². The zero-order valence-electron chi connectivity index (χ0n) is 11.1. The highest BCUT2D eigenvalue weighted by atomic mass is 16.4. The highest BCUT2D eigenvalue weighted by molar-refractivity contribution is 5.74. The monoisotopic (exact) mass is 256 g/mol. The quantitative estimate of drug-likeness (QED) is 0.680. The van der Waals surface area contributed by atoms with E-state index >= 15 is 0 Å². The molecule has 3 N–H and O–H groups in total. The predicted molar refractivity (Wildman–Crippen MR) is 69.4 cm³/mol. The van der Waals surface area contributed by atoms with Gasteiger partial charge >= 0.3 is 12.0 Å². The van der Waals surface area contributed by atoms with Crippen LogP contribution in [-0.2, 0) is 4.79 Å². The third-order valence-corrected chi connectivity index (χ3v) is 3.51. The number of nitrogens with one attached hydrogen (secondary N) is 2. The third-order valence-electron chi connectivity index (χ3n) is 3.51. The highest BCUT2D eigenvalue weighted by Gasteiger charge is 2.18. The standard InChI is InChI=1S/C13H24N2O3/c1-10-3-2-4-11(9-10)5-7-14-13(18)15-8-6-12(16)17/h10-11H,2-9H2,1H3,(H,16,17)(H2,14,15,18). The van der Waals surface area contributed by atoms with Crippen LogP contribution in [-0.4, -0.2) is 30.2 Å². The van der Waals surface area contributed by atoms with Gasteiger partial charge in [-0.15, -0.1) is 0 Å². The van der Waals surface area contributed by atoms with Crippen LogP contribution >= 0.6 is 0 Å². The summed E-state index contributed by atoms with van der Waals surface area (Å²) < 4.78 is 0. The summed E-state index contributed by atoms with van der Waals surface area (Å²) in [5, 5.41) is 13.7. The molecule has 1 aliphatic rings. The topological polar surface area (TPSA) is 78.4 Å². The molecule has 0 radical (unpaired) electrons. The van der Waals surface area contributed by atoms with Gasteiger partial charge in [0, 0.05) is 13.1 Å². The lowest BCUT2D eigenvalue weighted by atomic mass is 9.81. The van der Waals surface area contributed by atoms with Gasteiger partial charge in [-0.25, -0.2) is 4.79 Å². The number of carbonyl (C=O) groups is 2. The molecule has 0 heterocycles. The Hall–Kier alpha value is -1.26. The normalized spacial score (nSPS) is 23.4. The van der Waals surface area contributed by atoms with Crippen molar-refractivity contribution in [2.24, 2.45) is 11.8 Å². The summed E-state index contributed by atoms with van der Waals surface area (Å²) >= 11 is 0. The zero-order valence-corrected chi connectivity index (χ0v) is 11.1. The lowest BCUT2D eigenvalue weighted by Gasteiger charge is -2.26. The van der Waals surface area contributed by atoms with Gasteiger partial charge in [0.05, 0.1) is 6.42 Å². The molecule has 18 heavy (non-hydrogen) atoms. The molecule has 0 aliphatic heterocycles. The Morgan fingerprint density at radius 2 is 1.94 bits per heavy atom. The van der Waals surface area contributed by atoms with Gasteiger partial charge in [0.25, 0.3) is 0 Å². The molecule has 104 valence electrons. The van der Waals surface area contributed by atoms with Crippen molar-refractivity contribution in [2.45, 2.75) is 45.4 Å². The zero-order chi connectivity index (χ0) is 13.4. The number of aliphatic carboxylic acids is 1. The van der Waals surface area contributed by atoms with Crippen LogP contribution < -0.4 is 10.6 Å². The largest absolute Gasteiger partial charge is 0.481 e. The summed E-state index contributed by atoms with van der Waals surface area (Å²) in [6.07, 6.45) is 6.16. The van der Waals surface area contributed by atoms with E-state index in [0.29, 0.717) is 6.54 Å². The molecule has 2 unspecified atom stereocenters. The van der Waals surface area contributed by atoms with Gasteiger partial charge < -0.3 is 15.7 Å². The molecule has 5 heteroatoms. The van der Waals surface area contributed by atoms with E-state index in [1.165, 1.54) is 25.7 Å². The fraction of sp³-hybridized carbons (Fsp3) is 0.846. The Labute approximate surface area is 108 Å². The second-order valence-electron chi connectivity index (χ2n) is 5.25.